The average molecular weight is 319 g/mol. The number of rotatable bonds is 4. The standard InChI is InChI=1S/C15H21N5OS/c1-11(2)12-10-22-14(18-12)19-13(21)15(4-7-16-8-5-15)20-9-3-6-17-20/h3,6,9-11,16H,4-5,7-8H2,1-2H3,(H,18,19,21). The predicted octanol–water partition coefficient (Wildman–Crippen LogP) is 2.18. The summed E-state index contributed by atoms with van der Waals surface area (Å²) in [6.07, 6.45) is 5.04. The lowest BCUT2D eigenvalue weighted by molar-refractivity contribution is -0.126. The molecule has 1 aliphatic heterocycles. The van der Waals surface area contributed by atoms with Crippen molar-refractivity contribution in [2.45, 2.75) is 38.1 Å². The van der Waals surface area contributed by atoms with Crippen LogP contribution >= 0.6 is 11.3 Å². The fraction of sp³-hybridized carbons (Fsp3) is 0.533. The maximum Gasteiger partial charge on any atom is 0.254 e. The van der Waals surface area contributed by atoms with Gasteiger partial charge in [0.2, 0.25) is 0 Å². The van der Waals surface area contributed by atoms with Gasteiger partial charge in [0.05, 0.1) is 5.69 Å². The third-order valence-electron chi connectivity index (χ3n) is 4.13. The molecule has 0 aliphatic carbocycles. The van der Waals surface area contributed by atoms with E-state index in [4.69, 9.17) is 0 Å². The number of hydrogen-bond acceptors (Lipinski definition) is 5. The summed E-state index contributed by atoms with van der Waals surface area (Å²) in [5, 5.41) is 13.3. The number of aromatic nitrogens is 3. The lowest BCUT2D eigenvalue weighted by Crippen LogP contribution is -2.52. The second kappa shape index (κ2) is 6.18. The Bertz CT molecular complexity index is 628. The Labute approximate surface area is 133 Å². The number of anilines is 1. The molecule has 22 heavy (non-hydrogen) atoms. The van der Waals surface area contributed by atoms with Crippen LogP contribution in [-0.4, -0.2) is 33.8 Å². The highest BCUT2D eigenvalue weighted by molar-refractivity contribution is 7.13. The minimum atomic E-state index is -0.627. The first-order valence-corrected chi connectivity index (χ1v) is 8.47. The lowest BCUT2D eigenvalue weighted by Gasteiger charge is -2.36. The Hall–Kier alpha value is -1.73. The second-order valence-electron chi connectivity index (χ2n) is 5.92. The average Bonchev–Trinajstić information content (AvgIpc) is 3.19. The zero-order chi connectivity index (χ0) is 15.6. The monoisotopic (exact) mass is 319 g/mol. The van der Waals surface area contributed by atoms with E-state index in [-0.39, 0.29) is 5.91 Å². The first kappa shape index (κ1) is 15.2. The molecule has 0 saturated carbocycles. The fourth-order valence-electron chi connectivity index (χ4n) is 2.74. The van der Waals surface area contributed by atoms with Crippen LogP contribution in [0.25, 0.3) is 0 Å². The summed E-state index contributed by atoms with van der Waals surface area (Å²) in [7, 11) is 0. The Morgan fingerprint density at radius 3 is 2.82 bits per heavy atom. The molecule has 6 nitrogen and oxygen atoms in total. The van der Waals surface area contributed by atoms with Gasteiger partial charge in [0.15, 0.2) is 5.13 Å². The minimum absolute atomic E-state index is 0.0256. The molecule has 1 aliphatic rings. The van der Waals surface area contributed by atoms with Gasteiger partial charge in [0.25, 0.3) is 5.91 Å². The third kappa shape index (κ3) is 2.78. The van der Waals surface area contributed by atoms with Gasteiger partial charge < -0.3 is 5.32 Å². The molecule has 0 spiro atoms. The number of nitrogens with zero attached hydrogens (tertiary/aromatic N) is 3. The van der Waals surface area contributed by atoms with Gasteiger partial charge in [-0.2, -0.15) is 5.10 Å². The highest BCUT2D eigenvalue weighted by atomic mass is 32.1. The van der Waals surface area contributed by atoms with E-state index >= 15 is 0 Å². The summed E-state index contributed by atoms with van der Waals surface area (Å²) >= 11 is 1.48. The number of carbonyl (C=O) groups is 1. The highest BCUT2D eigenvalue weighted by Crippen LogP contribution is 2.30. The van der Waals surface area contributed by atoms with Crippen LogP contribution in [-0.2, 0) is 10.3 Å². The zero-order valence-corrected chi connectivity index (χ0v) is 13.7. The highest BCUT2D eigenvalue weighted by Gasteiger charge is 2.42. The normalized spacial score (nSPS) is 17.6. The van der Waals surface area contributed by atoms with Crippen LogP contribution in [0.1, 0.15) is 38.3 Å². The van der Waals surface area contributed by atoms with Crippen LogP contribution in [0, 0.1) is 0 Å². The molecule has 2 aromatic heterocycles. The van der Waals surface area contributed by atoms with Crippen LogP contribution < -0.4 is 10.6 Å². The topological polar surface area (TPSA) is 71.8 Å². The van der Waals surface area contributed by atoms with E-state index in [1.54, 1.807) is 10.9 Å². The smallest absolute Gasteiger partial charge is 0.254 e. The zero-order valence-electron chi connectivity index (χ0n) is 12.9. The van der Waals surface area contributed by atoms with Gasteiger partial charge in [0, 0.05) is 17.8 Å². The van der Waals surface area contributed by atoms with E-state index in [1.807, 2.05) is 17.6 Å². The number of nitrogens with one attached hydrogen (secondary N) is 2. The summed E-state index contributed by atoms with van der Waals surface area (Å²) in [6.45, 7) is 5.81. The van der Waals surface area contributed by atoms with E-state index < -0.39 is 5.54 Å². The van der Waals surface area contributed by atoms with Crippen molar-refractivity contribution in [2.75, 3.05) is 18.4 Å². The molecule has 1 amide bonds. The molecule has 0 aromatic carbocycles. The molecule has 2 N–H and O–H groups in total. The molecule has 0 radical (unpaired) electrons. The van der Waals surface area contributed by atoms with E-state index in [0.717, 1.165) is 31.6 Å². The van der Waals surface area contributed by atoms with Crippen molar-refractivity contribution in [3.05, 3.63) is 29.5 Å². The first-order chi connectivity index (χ1) is 10.6. The molecule has 7 heteroatoms. The quantitative estimate of drug-likeness (QED) is 0.906. The fourth-order valence-corrected chi connectivity index (χ4v) is 3.61. The van der Waals surface area contributed by atoms with Gasteiger partial charge in [-0.15, -0.1) is 11.3 Å². The second-order valence-corrected chi connectivity index (χ2v) is 6.78. The maximum atomic E-state index is 12.9. The van der Waals surface area contributed by atoms with E-state index in [1.165, 1.54) is 11.3 Å². The molecule has 0 unspecified atom stereocenters. The molecule has 3 rings (SSSR count). The van der Waals surface area contributed by atoms with Gasteiger partial charge in [-0.25, -0.2) is 4.98 Å². The number of piperidine rings is 1. The Balaban J connectivity index is 1.83. The first-order valence-electron chi connectivity index (χ1n) is 7.59. The molecule has 2 aromatic rings. The van der Waals surface area contributed by atoms with Crippen molar-refractivity contribution in [3.63, 3.8) is 0 Å². The number of thiazole rings is 1. The summed E-state index contributed by atoms with van der Waals surface area (Å²) in [5.41, 5.74) is 0.386. The summed E-state index contributed by atoms with van der Waals surface area (Å²) in [4.78, 5) is 17.4. The van der Waals surface area contributed by atoms with Crippen molar-refractivity contribution in [2.24, 2.45) is 0 Å². The summed E-state index contributed by atoms with van der Waals surface area (Å²) in [6, 6.07) is 1.86. The Morgan fingerprint density at radius 1 is 1.45 bits per heavy atom. The Morgan fingerprint density at radius 2 is 2.23 bits per heavy atom. The van der Waals surface area contributed by atoms with Gasteiger partial charge in [-0.1, -0.05) is 13.8 Å². The van der Waals surface area contributed by atoms with E-state index in [0.29, 0.717) is 11.0 Å². The number of carbonyl (C=O) groups excluding carboxylic acids is 1. The lowest BCUT2D eigenvalue weighted by atomic mass is 9.87. The van der Waals surface area contributed by atoms with Crippen molar-refractivity contribution in [1.82, 2.24) is 20.1 Å². The van der Waals surface area contributed by atoms with Gasteiger partial charge >= 0.3 is 0 Å². The number of amides is 1. The predicted molar refractivity (Wildman–Crippen MR) is 87.1 cm³/mol. The largest absolute Gasteiger partial charge is 0.317 e. The summed E-state index contributed by atoms with van der Waals surface area (Å²) in [5.74, 6) is 0.336. The van der Waals surface area contributed by atoms with Crippen LogP contribution in [0.15, 0.2) is 23.8 Å². The van der Waals surface area contributed by atoms with E-state index in [2.05, 4.69) is 34.6 Å². The molecular formula is C15H21N5OS. The molecule has 3 heterocycles. The SMILES string of the molecule is CC(C)c1csc(NC(=O)C2(n3cccn3)CCNCC2)n1. The molecule has 0 bridgehead atoms. The third-order valence-corrected chi connectivity index (χ3v) is 4.91. The molecule has 0 atom stereocenters. The van der Waals surface area contributed by atoms with Crippen LogP contribution in [0.2, 0.25) is 0 Å². The van der Waals surface area contributed by atoms with Crippen molar-refractivity contribution in [3.8, 4) is 0 Å². The van der Waals surface area contributed by atoms with Crippen LogP contribution in [0.4, 0.5) is 5.13 Å². The van der Waals surface area contributed by atoms with Crippen molar-refractivity contribution in [1.29, 1.82) is 0 Å². The summed E-state index contributed by atoms with van der Waals surface area (Å²) < 4.78 is 1.79. The van der Waals surface area contributed by atoms with Crippen molar-refractivity contribution < 1.29 is 4.79 Å². The van der Waals surface area contributed by atoms with E-state index in [9.17, 15) is 4.79 Å². The maximum absolute atomic E-state index is 12.9. The van der Waals surface area contributed by atoms with Crippen LogP contribution in [0.3, 0.4) is 0 Å². The molecular weight excluding hydrogens is 298 g/mol. The van der Waals surface area contributed by atoms with Gasteiger partial charge in [-0.3, -0.25) is 14.8 Å². The van der Waals surface area contributed by atoms with Gasteiger partial charge in [-0.05, 0) is 37.9 Å². The molecule has 118 valence electrons. The molecule has 1 fully saturated rings. The molecule has 1 saturated heterocycles. The minimum Gasteiger partial charge on any atom is -0.317 e. The Kier molecular flexibility index (Phi) is 4.26. The van der Waals surface area contributed by atoms with Crippen molar-refractivity contribution >= 4 is 22.4 Å². The van der Waals surface area contributed by atoms with Gasteiger partial charge in [0.1, 0.15) is 5.54 Å². The number of hydrogen-bond donors (Lipinski definition) is 2. The van der Waals surface area contributed by atoms with Crippen LogP contribution in [0.5, 0.6) is 0 Å².